The largest absolute Gasteiger partial charge is 0.467 e. The SMILES string of the molecule is CCCCc1nc2c(N)nc3cc(C)sc3c2n1CC1CCN(C(=O)COCCOCC(=O)OC)CC1. The fourth-order valence-corrected chi connectivity index (χ4v) is 5.78. The van der Waals surface area contributed by atoms with Crippen molar-refractivity contribution in [1.29, 1.82) is 0 Å². The zero-order valence-corrected chi connectivity index (χ0v) is 22.8. The first kappa shape index (κ1) is 27.3. The lowest BCUT2D eigenvalue weighted by molar-refractivity contribution is -0.147. The summed E-state index contributed by atoms with van der Waals surface area (Å²) in [6.07, 6.45) is 4.94. The number of carbonyl (C=O) groups excluding carboxylic acids is 2. The highest BCUT2D eigenvalue weighted by atomic mass is 32.1. The lowest BCUT2D eigenvalue weighted by Gasteiger charge is -2.32. The highest BCUT2D eigenvalue weighted by Crippen LogP contribution is 2.35. The fourth-order valence-electron chi connectivity index (χ4n) is 4.77. The third-order valence-corrected chi connectivity index (χ3v) is 7.83. The maximum absolute atomic E-state index is 12.6. The molecule has 37 heavy (non-hydrogen) atoms. The van der Waals surface area contributed by atoms with E-state index >= 15 is 0 Å². The molecule has 1 amide bonds. The Balaban J connectivity index is 1.36. The zero-order chi connectivity index (χ0) is 26.4. The van der Waals surface area contributed by atoms with Gasteiger partial charge < -0.3 is 29.4 Å². The molecule has 0 atom stereocenters. The van der Waals surface area contributed by atoms with Crippen LogP contribution in [0.25, 0.3) is 21.3 Å². The maximum Gasteiger partial charge on any atom is 0.331 e. The number of likely N-dealkylation sites (tertiary alicyclic amines) is 1. The molecule has 11 heteroatoms. The van der Waals surface area contributed by atoms with Gasteiger partial charge in [0.25, 0.3) is 0 Å². The summed E-state index contributed by atoms with van der Waals surface area (Å²) in [5, 5.41) is 0. The van der Waals surface area contributed by atoms with Gasteiger partial charge in [0.05, 0.1) is 36.1 Å². The number of thiophene rings is 1. The van der Waals surface area contributed by atoms with Crippen molar-refractivity contribution in [3.05, 3.63) is 16.8 Å². The van der Waals surface area contributed by atoms with E-state index in [0.717, 1.165) is 65.7 Å². The van der Waals surface area contributed by atoms with Crippen molar-refractivity contribution in [2.24, 2.45) is 5.92 Å². The minimum atomic E-state index is -0.435. The van der Waals surface area contributed by atoms with Crippen molar-refractivity contribution < 1.29 is 23.8 Å². The summed E-state index contributed by atoms with van der Waals surface area (Å²) in [5.41, 5.74) is 9.19. The van der Waals surface area contributed by atoms with Crippen LogP contribution < -0.4 is 5.73 Å². The van der Waals surface area contributed by atoms with E-state index in [-0.39, 0.29) is 32.3 Å². The molecule has 0 aromatic carbocycles. The summed E-state index contributed by atoms with van der Waals surface area (Å²) in [7, 11) is 1.31. The molecule has 1 aliphatic rings. The van der Waals surface area contributed by atoms with E-state index in [1.54, 1.807) is 11.3 Å². The van der Waals surface area contributed by atoms with E-state index in [1.165, 1.54) is 12.0 Å². The Morgan fingerprint density at radius 3 is 2.59 bits per heavy atom. The van der Waals surface area contributed by atoms with Crippen molar-refractivity contribution in [2.45, 2.75) is 52.5 Å². The smallest absolute Gasteiger partial charge is 0.331 e. The van der Waals surface area contributed by atoms with E-state index in [2.05, 4.69) is 34.2 Å². The second kappa shape index (κ2) is 12.7. The van der Waals surface area contributed by atoms with E-state index in [4.69, 9.17) is 20.2 Å². The number of nitrogen functional groups attached to an aromatic ring is 1. The third-order valence-electron chi connectivity index (χ3n) is 6.79. The molecule has 0 unspecified atom stereocenters. The zero-order valence-electron chi connectivity index (χ0n) is 22.0. The minimum Gasteiger partial charge on any atom is -0.467 e. The minimum absolute atomic E-state index is 0.0154. The lowest BCUT2D eigenvalue weighted by Crippen LogP contribution is -2.41. The molecule has 0 radical (unpaired) electrons. The number of anilines is 1. The van der Waals surface area contributed by atoms with E-state index in [9.17, 15) is 9.59 Å². The van der Waals surface area contributed by atoms with Crippen LogP contribution in [0.1, 0.15) is 43.3 Å². The lowest BCUT2D eigenvalue weighted by atomic mass is 9.96. The number of imidazole rings is 1. The molecule has 1 fully saturated rings. The van der Waals surface area contributed by atoms with Gasteiger partial charge in [0.1, 0.15) is 24.6 Å². The van der Waals surface area contributed by atoms with Gasteiger partial charge in [-0.3, -0.25) is 4.79 Å². The van der Waals surface area contributed by atoms with Gasteiger partial charge in [-0.15, -0.1) is 11.3 Å². The fraction of sp³-hybridized carbons (Fsp3) is 0.615. The molecule has 0 spiro atoms. The predicted molar refractivity (Wildman–Crippen MR) is 144 cm³/mol. The number of ether oxygens (including phenoxy) is 3. The van der Waals surface area contributed by atoms with Crippen LogP contribution in [0.2, 0.25) is 0 Å². The molecule has 4 heterocycles. The summed E-state index contributed by atoms with van der Waals surface area (Å²) in [4.78, 5) is 36.3. The maximum atomic E-state index is 12.6. The van der Waals surface area contributed by atoms with E-state index < -0.39 is 5.97 Å². The standard InChI is InChI=1S/C26H37N5O5S/c1-4-5-6-20-29-23-24(25-19(28-26(23)27)13-17(2)37-25)31(20)14-18-7-9-30(10-8-18)21(32)15-35-11-12-36-16-22(33)34-3/h13,18H,4-12,14-16H2,1-3H3,(H2,27,28). The van der Waals surface area contributed by atoms with Gasteiger partial charge in [-0.1, -0.05) is 13.3 Å². The monoisotopic (exact) mass is 531 g/mol. The summed E-state index contributed by atoms with van der Waals surface area (Å²) < 4.78 is 18.6. The number of unbranched alkanes of at least 4 members (excludes halogenated alkanes) is 1. The Morgan fingerprint density at radius 2 is 1.89 bits per heavy atom. The molecule has 4 rings (SSSR count). The Hall–Kier alpha value is -2.76. The summed E-state index contributed by atoms with van der Waals surface area (Å²) in [5.74, 6) is 1.56. The van der Waals surface area contributed by atoms with E-state index in [0.29, 0.717) is 24.8 Å². The van der Waals surface area contributed by atoms with E-state index in [1.807, 2.05) is 4.90 Å². The van der Waals surface area contributed by atoms with Crippen molar-refractivity contribution in [2.75, 3.05) is 52.4 Å². The van der Waals surface area contributed by atoms with Crippen molar-refractivity contribution in [1.82, 2.24) is 19.4 Å². The van der Waals surface area contributed by atoms with Gasteiger partial charge in [0, 0.05) is 30.9 Å². The Labute approximate surface area is 221 Å². The molecule has 10 nitrogen and oxygen atoms in total. The molecule has 1 saturated heterocycles. The summed E-state index contributed by atoms with van der Waals surface area (Å²) in [6.45, 7) is 6.95. The Kier molecular flexibility index (Phi) is 9.33. The first-order valence-corrected chi connectivity index (χ1v) is 13.8. The number of rotatable bonds is 12. The van der Waals surface area contributed by atoms with Gasteiger partial charge in [-0.2, -0.15) is 0 Å². The van der Waals surface area contributed by atoms with Crippen LogP contribution in [-0.4, -0.2) is 77.9 Å². The van der Waals surface area contributed by atoms with Crippen LogP contribution in [0.4, 0.5) is 5.82 Å². The number of nitrogens with zero attached hydrogens (tertiary/aromatic N) is 4. The molecule has 0 saturated carbocycles. The van der Waals surface area contributed by atoms with Crippen LogP contribution in [0.3, 0.4) is 0 Å². The van der Waals surface area contributed by atoms with Crippen LogP contribution >= 0.6 is 11.3 Å². The molecule has 2 N–H and O–H groups in total. The Morgan fingerprint density at radius 1 is 1.16 bits per heavy atom. The number of methoxy groups -OCH3 is 1. The number of aromatic nitrogens is 3. The molecule has 0 aliphatic carbocycles. The number of amides is 1. The quantitative estimate of drug-likeness (QED) is 0.279. The highest BCUT2D eigenvalue weighted by Gasteiger charge is 2.26. The summed E-state index contributed by atoms with van der Waals surface area (Å²) >= 11 is 1.75. The number of carbonyl (C=O) groups is 2. The highest BCUT2D eigenvalue weighted by molar-refractivity contribution is 7.19. The van der Waals surface area contributed by atoms with Crippen molar-refractivity contribution >= 4 is 50.3 Å². The van der Waals surface area contributed by atoms with Crippen molar-refractivity contribution in [3.8, 4) is 0 Å². The number of nitrogens with two attached hydrogens (primary N) is 1. The number of hydrogen-bond donors (Lipinski definition) is 1. The number of aryl methyl sites for hydroxylation is 2. The molecule has 3 aromatic heterocycles. The van der Waals surface area contributed by atoms with Gasteiger partial charge >= 0.3 is 5.97 Å². The number of hydrogen-bond acceptors (Lipinski definition) is 9. The Bertz CT molecular complexity index is 1230. The number of pyridine rings is 1. The van der Waals surface area contributed by atoms with Gasteiger partial charge in [-0.05, 0) is 38.2 Å². The molecule has 3 aromatic rings. The first-order valence-electron chi connectivity index (χ1n) is 13.0. The molecule has 1 aliphatic heterocycles. The van der Waals surface area contributed by atoms with Crippen LogP contribution in [0.15, 0.2) is 6.07 Å². The predicted octanol–water partition coefficient (Wildman–Crippen LogP) is 3.32. The van der Waals surface area contributed by atoms with Crippen molar-refractivity contribution in [3.63, 3.8) is 0 Å². The normalized spacial score (nSPS) is 14.6. The molecular weight excluding hydrogens is 494 g/mol. The third kappa shape index (κ3) is 6.58. The average Bonchev–Trinajstić information content (AvgIpc) is 3.44. The van der Waals surface area contributed by atoms with Gasteiger partial charge in [-0.25, -0.2) is 14.8 Å². The second-order valence-electron chi connectivity index (χ2n) is 9.51. The molecular formula is C26H37N5O5S. The number of esters is 1. The summed E-state index contributed by atoms with van der Waals surface area (Å²) in [6, 6.07) is 2.09. The van der Waals surface area contributed by atoms with Gasteiger partial charge in [0.15, 0.2) is 5.82 Å². The van der Waals surface area contributed by atoms with Crippen LogP contribution in [0.5, 0.6) is 0 Å². The van der Waals surface area contributed by atoms with Crippen LogP contribution in [-0.2, 0) is 36.8 Å². The number of piperidine rings is 1. The average molecular weight is 532 g/mol. The first-order chi connectivity index (χ1) is 17.9. The number of fused-ring (bicyclic) bond motifs is 3. The van der Waals surface area contributed by atoms with Crippen LogP contribution in [0, 0.1) is 12.8 Å². The van der Waals surface area contributed by atoms with Gasteiger partial charge in [0.2, 0.25) is 5.91 Å². The molecule has 0 bridgehead atoms. The second-order valence-corrected chi connectivity index (χ2v) is 10.8. The topological polar surface area (TPSA) is 122 Å². The molecule has 202 valence electrons.